The van der Waals surface area contributed by atoms with Crippen molar-refractivity contribution < 1.29 is 14.5 Å². The van der Waals surface area contributed by atoms with Gasteiger partial charge in [-0.1, -0.05) is 32.1 Å². The molecule has 126 valence electrons. The highest BCUT2D eigenvalue weighted by molar-refractivity contribution is 5.93. The second-order valence-electron chi connectivity index (χ2n) is 5.96. The molecule has 0 atom stereocenters. The number of hydrogen-bond donors (Lipinski definition) is 1. The smallest absolute Gasteiger partial charge is 0.296 e. The molecule has 23 heavy (non-hydrogen) atoms. The average molecular weight is 320 g/mol. The van der Waals surface area contributed by atoms with E-state index < -0.39 is 4.92 Å². The lowest BCUT2D eigenvalue weighted by Crippen LogP contribution is -2.15. The van der Waals surface area contributed by atoms with Gasteiger partial charge in [-0.25, -0.2) is 0 Å². The van der Waals surface area contributed by atoms with Gasteiger partial charge in [-0.3, -0.25) is 14.9 Å². The third kappa shape index (κ3) is 5.23. The van der Waals surface area contributed by atoms with Gasteiger partial charge in [0.25, 0.3) is 5.69 Å². The summed E-state index contributed by atoms with van der Waals surface area (Å²) in [6.45, 7) is 2.25. The van der Waals surface area contributed by atoms with E-state index in [2.05, 4.69) is 5.32 Å². The zero-order chi connectivity index (χ0) is 16.7. The fraction of sp³-hybridized carbons (Fsp3) is 0.588. The molecule has 0 unspecified atom stereocenters. The van der Waals surface area contributed by atoms with Crippen LogP contribution < -0.4 is 10.1 Å². The highest BCUT2D eigenvalue weighted by Gasteiger charge is 2.19. The Morgan fingerprint density at radius 1 is 1.35 bits per heavy atom. The van der Waals surface area contributed by atoms with Crippen LogP contribution in [0.5, 0.6) is 5.75 Å². The number of nitro benzene ring substituents is 1. The number of benzene rings is 1. The first kappa shape index (κ1) is 17.2. The summed E-state index contributed by atoms with van der Waals surface area (Å²) in [6.07, 6.45) is 7.44. The van der Waals surface area contributed by atoms with Gasteiger partial charge in [-0.05, 0) is 31.4 Å². The van der Waals surface area contributed by atoms with Gasteiger partial charge < -0.3 is 10.1 Å². The minimum Gasteiger partial charge on any atom is -0.494 e. The molecule has 2 rings (SSSR count). The zero-order valence-corrected chi connectivity index (χ0v) is 13.5. The summed E-state index contributed by atoms with van der Waals surface area (Å²) in [5, 5.41) is 13.8. The van der Waals surface area contributed by atoms with Crippen molar-refractivity contribution in [2.75, 3.05) is 11.9 Å². The summed E-state index contributed by atoms with van der Waals surface area (Å²) in [6, 6.07) is 4.51. The molecule has 0 aromatic heterocycles. The zero-order valence-electron chi connectivity index (χ0n) is 13.5. The Bertz CT molecular complexity index is 554. The van der Waals surface area contributed by atoms with E-state index in [1.54, 1.807) is 6.07 Å². The summed E-state index contributed by atoms with van der Waals surface area (Å²) < 4.78 is 5.27. The highest BCUT2D eigenvalue weighted by Crippen LogP contribution is 2.30. The van der Waals surface area contributed by atoms with Gasteiger partial charge >= 0.3 is 0 Å². The van der Waals surface area contributed by atoms with Crippen LogP contribution in [0.2, 0.25) is 0 Å². The number of nitrogens with one attached hydrogen (secondary N) is 1. The topological polar surface area (TPSA) is 81.5 Å². The molecule has 0 radical (unpaired) electrons. The number of nitrogens with zero attached hydrogens (tertiary/aromatic N) is 1. The van der Waals surface area contributed by atoms with Crippen LogP contribution in [0.15, 0.2) is 18.2 Å². The molecule has 1 fully saturated rings. The minimum absolute atomic E-state index is 0.137. The third-order valence-corrected chi connectivity index (χ3v) is 4.26. The lowest BCUT2D eigenvalue weighted by atomic mass is 9.86. The van der Waals surface area contributed by atoms with Crippen molar-refractivity contribution in [3.05, 3.63) is 28.3 Å². The Morgan fingerprint density at radius 2 is 2.09 bits per heavy atom. The SMILES string of the molecule is CCOc1ccc(NC(=O)CCC2CCCCC2)c([N+](=O)[O-])c1. The van der Waals surface area contributed by atoms with Gasteiger partial charge in [0.2, 0.25) is 5.91 Å². The maximum atomic E-state index is 12.1. The molecule has 1 aliphatic rings. The molecule has 6 heteroatoms. The van der Waals surface area contributed by atoms with Crippen LogP contribution in [0.25, 0.3) is 0 Å². The summed E-state index contributed by atoms with van der Waals surface area (Å²) in [4.78, 5) is 22.7. The van der Waals surface area contributed by atoms with Gasteiger partial charge in [0, 0.05) is 6.42 Å². The van der Waals surface area contributed by atoms with Gasteiger partial charge in [0.05, 0.1) is 17.6 Å². The second kappa shape index (κ2) is 8.50. The van der Waals surface area contributed by atoms with E-state index in [1.807, 2.05) is 6.92 Å². The van der Waals surface area contributed by atoms with Crippen LogP contribution in [-0.2, 0) is 4.79 Å². The molecule has 0 spiro atoms. The first-order valence-electron chi connectivity index (χ1n) is 8.31. The molecule has 1 saturated carbocycles. The van der Waals surface area contributed by atoms with Crippen molar-refractivity contribution in [3.63, 3.8) is 0 Å². The van der Waals surface area contributed by atoms with Crippen molar-refractivity contribution >= 4 is 17.3 Å². The summed E-state index contributed by atoms with van der Waals surface area (Å²) in [5.74, 6) is 0.882. The fourth-order valence-corrected chi connectivity index (χ4v) is 3.05. The lowest BCUT2D eigenvalue weighted by molar-refractivity contribution is -0.384. The molecule has 0 saturated heterocycles. The van der Waals surface area contributed by atoms with Crippen LogP contribution in [0.4, 0.5) is 11.4 Å². The molecular formula is C17H24N2O4. The van der Waals surface area contributed by atoms with Crippen LogP contribution in [-0.4, -0.2) is 17.4 Å². The summed E-state index contributed by atoms with van der Waals surface area (Å²) in [5.41, 5.74) is 0.0917. The lowest BCUT2D eigenvalue weighted by Gasteiger charge is -2.21. The van der Waals surface area contributed by atoms with Gasteiger partial charge in [-0.2, -0.15) is 0 Å². The second-order valence-corrected chi connectivity index (χ2v) is 5.96. The Morgan fingerprint density at radius 3 is 2.74 bits per heavy atom. The number of carbonyl (C=O) groups is 1. The number of hydrogen-bond acceptors (Lipinski definition) is 4. The van der Waals surface area contributed by atoms with E-state index >= 15 is 0 Å². The first-order chi connectivity index (χ1) is 11.1. The Balaban J connectivity index is 1.94. The molecule has 6 nitrogen and oxygen atoms in total. The number of nitro groups is 1. The first-order valence-corrected chi connectivity index (χ1v) is 8.31. The molecular weight excluding hydrogens is 296 g/mol. The molecule has 1 aromatic rings. The molecule has 0 heterocycles. The summed E-state index contributed by atoms with van der Waals surface area (Å²) >= 11 is 0. The van der Waals surface area contributed by atoms with Crippen molar-refractivity contribution in [3.8, 4) is 5.75 Å². The molecule has 1 aliphatic carbocycles. The van der Waals surface area contributed by atoms with Gasteiger partial charge in [-0.15, -0.1) is 0 Å². The third-order valence-electron chi connectivity index (χ3n) is 4.26. The Hall–Kier alpha value is -2.11. The van der Waals surface area contributed by atoms with Crippen molar-refractivity contribution in [1.29, 1.82) is 0 Å². The van der Waals surface area contributed by atoms with Crippen LogP contribution in [0, 0.1) is 16.0 Å². The number of amides is 1. The quantitative estimate of drug-likeness (QED) is 0.600. The Labute approximate surface area is 136 Å². The summed E-state index contributed by atoms with van der Waals surface area (Å²) in [7, 11) is 0. The minimum atomic E-state index is -0.501. The number of carbonyl (C=O) groups excluding carboxylic acids is 1. The molecule has 1 aromatic carbocycles. The van der Waals surface area contributed by atoms with E-state index in [4.69, 9.17) is 4.74 Å². The fourth-order valence-electron chi connectivity index (χ4n) is 3.05. The van der Waals surface area contributed by atoms with E-state index in [1.165, 1.54) is 44.2 Å². The standard InChI is InChI=1S/C17H24N2O4/c1-2-23-14-9-10-15(16(12-14)19(21)22)18-17(20)11-8-13-6-4-3-5-7-13/h9-10,12-13H,2-8,11H2,1H3,(H,18,20). The van der Waals surface area contributed by atoms with E-state index in [9.17, 15) is 14.9 Å². The largest absolute Gasteiger partial charge is 0.494 e. The van der Waals surface area contributed by atoms with Gasteiger partial charge in [0.15, 0.2) is 0 Å². The Kier molecular flexibility index (Phi) is 6.38. The predicted octanol–water partition coefficient (Wildman–Crippen LogP) is 4.29. The predicted molar refractivity (Wildman–Crippen MR) is 88.7 cm³/mol. The molecule has 1 amide bonds. The average Bonchev–Trinajstić information content (AvgIpc) is 2.55. The van der Waals surface area contributed by atoms with Crippen LogP contribution >= 0.6 is 0 Å². The van der Waals surface area contributed by atoms with Crippen LogP contribution in [0.1, 0.15) is 51.9 Å². The molecule has 1 N–H and O–H groups in total. The normalized spacial score (nSPS) is 15.2. The molecule has 0 bridgehead atoms. The van der Waals surface area contributed by atoms with E-state index in [-0.39, 0.29) is 17.3 Å². The highest BCUT2D eigenvalue weighted by atomic mass is 16.6. The monoisotopic (exact) mass is 320 g/mol. The van der Waals surface area contributed by atoms with E-state index in [0.29, 0.717) is 24.7 Å². The molecule has 0 aliphatic heterocycles. The van der Waals surface area contributed by atoms with Crippen LogP contribution in [0.3, 0.4) is 0 Å². The number of rotatable bonds is 7. The number of ether oxygens (including phenoxy) is 1. The van der Waals surface area contributed by atoms with Crippen molar-refractivity contribution in [1.82, 2.24) is 0 Å². The maximum Gasteiger partial charge on any atom is 0.296 e. The number of anilines is 1. The van der Waals surface area contributed by atoms with Crippen molar-refractivity contribution in [2.24, 2.45) is 5.92 Å². The van der Waals surface area contributed by atoms with Gasteiger partial charge in [0.1, 0.15) is 11.4 Å². The van der Waals surface area contributed by atoms with E-state index in [0.717, 1.165) is 6.42 Å². The maximum absolute atomic E-state index is 12.1. The van der Waals surface area contributed by atoms with Crippen molar-refractivity contribution in [2.45, 2.75) is 51.9 Å².